The number of rotatable bonds is 6. The second-order valence-electron chi connectivity index (χ2n) is 8.45. The summed E-state index contributed by atoms with van der Waals surface area (Å²) in [6.07, 6.45) is 3.58. The topological polar surface area (TPSA) is 81.4 Å². The number of amides is 1. The van der Waals surface area contributed by atoms with Crippen LogP contribution in [0.3, 0.4) is 0 Å². The minimum atomic E-state index is -0.0789. The van der Waals surface area contributed by atoms with Gasteiger partial charge in [0.2, 0.25) is 0 Å². The Morgan fingerprint density at radius 3 is 2.76 bits per heavy atom. The Morgan fingerprint density at radius 1 is 1.12 bits per heavy atom. The Balaban J connectivity index is 1.34. The van der Waals surface area contributed by atoms with Crippen LogP contribution in [0.15, 0.2) is 71.4 Å². The molecule has 7 nitrogen and oxygen atoms in total. The van der Waals surface area contributed by atoms with E-state index in [0.29, 0.717) is 30.3 Å². The molecule has 0 spiro atoms. The van der Waals surface area contributed by atoms with Crippen LogP contribution >= 0.6 is 0 Å². The highest BCUT2D eigenvalue weighted by molar-refractivity contribution is 5.95. The Hall–Kier alpha value is -4.00. The summed E-state index contributed by atoms with van der Waals surface area (Å²) in [6, 6.07) is 19.0. The second kappa shape index (κ2) is 9.47. The normalized spacial score (nSPS) is 15.5. The van der Waals surface area contributed by atoms with Crippen LogP contribution in [0.1, 0.15) is 52.0 Å². The smallest absolute Gasteiger partial charge is 0.254 e. The van der Waals surface area contributed by atoms with E-state index in [1.54, 1.807) is 12.3 Å². The minimum Gasteiger partial charge on any atom is -0.489 e. The SMILES string of the molecule is Cc1noc(C)c1COc1cccc(C(=O)N2CCCC2c2ccnc(-c3ccccc3)n2)c1. The molecule has 1 unspecified atom stereocenters. The Labute approximate surface area is 198 Å². The van der Waals surface area contributed by atoms with Gasteiger partial charge >= 0.3 is 0 Å². The summed E-state index contributed by atoms with van der Waals surface area (Å²) in [5.74, 6) is 2.02. The molecule has 1 aliphatic rings. The lowest BCUT2D eigenvalue weighted by Crippen LogP contribution is -2.31. The average Bonchev–Trinajstić information content (AvgIpc) is 3.50. The summed E-state index contributed by atoms with van der Waals surface area (Å²) >= 11 is 0. The Morgan fingerprint density at radius 2 is 1.97 bits per heavy atom. The molecule has 5 rings (SSSR count). The molecule has 0 N–H and O–H groups in total. The Kier molecular flexibility index (Phi) is 6.08. The van der Waals surface area contributed by atoms with Crippen LogP contribution in [-0.2, 0) is 6.61 Å². The molecule has 2 aromatic carbocycles. The number of benzene rings is 2. The molecule has 2 aromatic heterocycles. The number of hydrogen-bond donors (Lipinski definition) is 0. The molecule has 172 valence electrons. The van der Waals surface area contributed by atoms with Crippen molar-refractivity contribution in [3.05, 3.63) is 95.1 Å². The summed E-state index contributed by atoms with van der Waals surface area (Å²) in [6.45, 7) is 4.79. The molecule has 0 saturated carbocycles. The van der Waals surface area contributed by atoms with Crippen molar-refractivity contribution in [1.29, 1.82) is 0 Å². The molecular weight excluding hydrogens is 428 g/mol. The van der Waals surface area contributed by atoms with Crippen molar-refractivity contribution < 1.29 is 14.1 Å². The van der Waals surface area contributed by atoms with Gasteiger partial charge in [-0.05, 0) is 51.0 Å². The fourth-order valence-corrected chi connectivity index (χ4v) is 4.35. The van der Waals surface area contributed by atoms with Crippen molar-refractivity contribution in [2.75, 3.05) is 6.54 Å². The molecule has 3 heterocycles. The van der Waals surface area contributed by atoms with E-state index in [9.17, 15) is 4.79 Å². The highest BCUT2D eigenvalue weighted by atomic mass is 16.5. The summed E-state index contributed by atoms with van der Waals surface area (Å²) in [5, 5.41) is 3.96. The summed E-state index contributed by atoms with van der Waals surface area (Å²) in [7, 11) is 0. The van der Waals surface area contributed by atoms with Crippen molar-refractivity contribution >= 4 is 5.91 Å². The number of carbonyl (C=O) groups excluding carboxylic acids is 1. The largest absolute Gasteiger partial charge is 0.489 e. The lowest BCUT2D eigenvalue weighted by molar-refractivity contribution is 0.0732. The second-order valence-corrected chi connectivity index (χ2v) is 8.45. The number of aromatic nitrogens is 3. The zero-order chi connectivity index (χ0) is 23.5. The summed E-state index contributed by atoms with van der Waals surface area (Å²) in [5.41, 5.74) is 4.16. The molecule has 1 aliphatic heterocycles. The van der Waals surface area contributed by atoms with E-state index in [-0.39, 0.29) is 11.9 Å². The molecule has 34 heavy (non-hydrogen) atoms. The molecule has 0 radical (unpaired) electrons. The summed E-state index contributed by atoms with van der Waals surface area (Å²) < 4.78 is 11.2. The number of ether oxygens (including phenoxy) is 1. The van der Waals surface area contributed by atoms with Crippen LogP contribution in [0.5, 0.6) is 5.75 Å². The number of likely N-dealkylation sites (tertiary alicyclic amines) is 1. The zero-order valence-corrected chi connectivity index (χ0v) is 19.3. The maximum Gasteiger partial charge on any atom is 0.254 e. The van der Waals surface area contributed by atoms with E-state index in [1.165, 1.54) is 0 Å². The quantitative estimate of drug-likeness (QED) is 0.393. The average molecular weight is 455 g/mol. The van der Waals surface area contributed by atoms with Gasteiger partial charge in [-0.2, -0.15) is 0 Å². The van der Waals surface area contributed by atoms with Gasteiger partial charge in [-0.3, -0.25) is 4.79 Å². The minimum absolute atomic E-state index is 0.0230. The first-order chi connectivity index (χ1) is 16.6. The first kappa shape index (κ1) is 21.8. The van der Waals surface area contributed by atoms with Crippen molar-refractivity contribution in [2.24, 2.45) is 0 Å². The van der Waals surface area contributed by atoms with Gasteiger partial charge in [0.25, 0.3) is 5.91 Å². The van der Waals surface area contributed by atoms with Crippen LogP contribution in [0, 0.1) is 13.8 Å². The van der Waals surface area contributed by atoms with Crippen LogP contribution in [0.25, 0.3) is 11.4 Å². The summed E-state index contributed by atoms with van der Waals surface area (Å²) in [4.78, 5) is 24.6. The van der Waals surface area contributed by atoms with Gasteiger partial charge in [0.05, 0.1) is 23.0 Å². The first-order valence-corrected chi connectivity index (χ1v) is 11.4. The molecule has 1 fully saturated rings. The molecule has 4 aromatic rings. The number of nitrogens with zero attached hydrogens (tertiary/aromatic N) is 4. The van der Waals surface area contributed by atoms with Gasteiger partial charge in [0, 0.05) is 23.9 Å². The highest BCUT2D eigenvalue weighted by Gasteiger charge is 2.32. The zero-order valence-electron chi connectivity index (χ0n) is 19.3. The third-order valence-corrected chi connectivity index (χ3v) is 6.21. The molecule has 1 atom stereocenters. The standard InChI is InChI=1S/C27H26N4O3/c1-18-23(19(2)34-30-18)17-33-22-11-6-10-21(16-22)27(32)31-15-7-12-25(31)24-13-14-28-26(29-24)20-8-4-3-5-9-20/h3-6,8-11,13-14,16,25H,7,12,15,17H2,1-2H3. The van der Waals surface area contributed by atoms with E-state index in [1.807, 2.05) is 73.3 Å². The maximum absolute atomic E-state index is 13.5. The van der Waals surface area contributed by atoms with Crippen molar-refractivity contribution in [1.82, 2.24) is 20.0 Å². The van der Waals surface area contributed by atoms with E-state index in [0.717, 1.165) is 41.1 Å². The van der Waals surface area contributed by atoms with E-state index < -0.39 is 0 Å². The van der Waals surface area contributed by atoms with Gasteiger partial charge in [-0.25, -0.2) is 9.97 Å². The number of carbonyl (C=O) groups is 1. The molecule has 7 heteroatoms. The van der Waals surface area contributed by atoms with Gasteiger partial charge < -0.3 is 14.2 Å². The highest BCUT2D eigenvalue weighted by Crippen LogP contribution is 2.33. The van der Waals surface area contributed by atoms with Crippen molar-refractivity contribution in [3.63, 3.8) is 0 Å². The molecule has 1 saturated heterocycles. The van der Waals surface area contributed by atoms with E-state index in [2.05, 4.69) is 10.1 Å². The van der Waals surface area contributed by atoms with Crippen molar-refractivity contribution in [3.8, 4) is 17.1 Å². The van der Waals surface area contributed by atoms with Crippen LogP contribution < -0.4 is 4.74 Å². The van der Waals surface area contributed by atoms with Crippen LogP contribution in [-0.4, -0.2) is 32.5 Å². The molecular formula is C27H26N4O3. The lowest BCUT2D eigenvalue weighted by atomic mass is 10.1. The van der Waals surface area contributed by atoms with E-state index in [4.69, 9.17) is 14.2 Å². The fraction of sp³-hybridized carbons (Fsp3) is 0.259. The number of hydrogen-bond acceptors (Lipinski definition) is 6. The van der Waals surface area contributed by atoms with Gasteiger partial charge in [0.15, 0.2) is 5.82 Å². The lowest BCUT2D eigenvalue weighted by Gasteiger charge is -2.25. The maximum atomic E-state index is 13.5. The van der Waals surface area contributed by atoms with Crippen molar-refractivity contribution in [2.45, 2.75) is 39.3 Å². The first-order valence-electron chi connectivity index (χ1n) is 11.4. The van der Waals surface area contributed by atoms with Gasteiger partial charge in [-0.15, -0.1) is 0 Å². The predicted octanol–water partition coefficient (Wildman–Crippen LogP) is 5.30. The monoisotopic (exact) mass is 454 g/mol. The third kappa shape index (κ3) is 4.41. The van der Waals surface area contributed by atoms with Gasteiger partial charge in [-0.1, -0.05) is 41.6 Å². The van der Waals surface area contributed by atoms with Crippen LogP contribution in [0.2, 0.25) is 0 Å². The third-order valence-electron chi connectivity index (χ3n) is 6.21. The predicted molar refractivity (Wildman–Crippen MR) is 127 cm³/mol. The molecule has 1 amide bonds. The molecule has 0 aliphatic carbocycles. The fourth-order valence-electron chi connectivity index (χ4n) is 4.35. The van der Waals surface area contributed by atoms with E-state index >= 15 is 0 Å². The Bertz CT molecular complexity index is 1280. The molecule has 0 bridgehead atoms. The number of aryl methyl sites for hydroxylation is 2. The van der Waals surface area contributed by atoms with Crippen LogP contribution in [0.4, 0.5) is 0 Å². The van der Waals surface area contributed by atoms with Gasteiger partial charge in [0.1, 0.15) is 18.1 Å².